The van der Waals surface area contributed by atoms with Crippen LogP contribution in [0.1, 0.15) is 11.6 Å². The zero-order chi connectivity index (χ0) is 11.8. The summed E-state index contributed by atoms with van der Waals surface area (Å²) in [6.45, 7) is -0.880. The van der Waals surface area contributed by atoms with Crippen LogP contribution in [-0.4, -0.2) is 18.6 Å². The van der Waals surface area contributed by atoms with Crippen LogP contribution in [0.2, 0.25) is 0 Å². The monoisotopic (exact) mass is 339 g/mol. The van der Waals surface area contributed by atoms with Gasteiger partial charge in [-0.3, -0.25) is 0 Å². The molecule has 0 aromatic heterocycles. The SMILES string of the molecule is O=C1N[C@H](c2cccc(I)c2)C(F)(F)CO1. The molecule has 3 nitrogen and oxygen atoms in total. The van der Waals surface area contributed by atoms with Gasteiger partial charge in [-0.1, -0.05) is 12.1 Å². The quantitative estimate of drug-likeness (QED) is 0.799. The summed E-state index contributed by atoms with van der Waals surface area (Å²) in [7, 11) is 0. The van der Waals surface area contributed by atoms with Gasteiger partial charge in [-0.25, -0.2) is 13.6 Å². The molecule has 1 atom stereocenters. The molecular formula is C10H8F2INO2. The first-order valence-corrected chi connectivity index (χ1v) is 5.63. The lowest BCUT2D eigenvalue weighted by atomic mass is 10.0. The van der Waals surface area contributed by atoms with Crippen LogP contribution in [0.25, 0.3) is 0 Å². The maximum Gasteiger partial charge on any atom is 0.408 e. The maximum absolute atomic E-state index is 13.5. The molecule has 0 aliphatic carbocycles. The van der Waals surface area contributed by atoms with Crippen molar-refractivity contribution in [3.63, 3.8) is 0 Å². The molecule has 2 rings (SSSR count). The molecule has 1 aromatic rings. The molecule has 1 aliphatic rings. The number of hydrogen-bond donors (Lipinski definition) is 1. The zero-order valence-corrected chi connectivity index (χ0v) is 10.2. The van der Waals surface area contributed by atoms with E-state index in [1.54, 1.807) is 24.3 Å². The van der Waals surface area contributed by atoms with Crippen molar-refractivity contribution in [2.24, 2.45) is 0 Å². The molecule has 0 unspecified atom stereocenters. The van der Waals surface area contributed by atoms with Crippen molar-refractivity contribution in [3.8, 4) is 0 Å². The standard InChI is InChI=1S/C10H8F2INO2/c11-10(12)5-16-9(15)14-8(10)6-2-1-3-7(13)4-6/h1-4,8H,5H2,(H,14,15)/t8-/m1/s1. The minimum absolute atomic E-state index is 0.383. The Morgan fingerprint density at radius 1 is 1.50 bits per heavy atom. The van der Waals surface area contributed by atoms with Gasteiger partial charge in [0, 0.05) is 3.57 Å². The Morgan fingerprint density at radius 2 is 2.25 bits per heavy atom. The molecule has 0 bridgehead atoms. The number of halogens is 3. The number of benzene rings is 1. The van der Waals surface area contributed by atoms with Crippen LogP contribution < -0.4 is 5.32 Å². The summed E-state index contributed by atoms with van der Waals surface area (Å²) < 4.78 is 32.1. The third-order valence-electron chi connectivity index (χ3n) is 2.26. The van der Waals surface area contributed by atoms with Gasteiger partial charge < -0.3 is 10.1 Å². The van der Waals surface area contributed by atoms with Crippen molar-refractivity contribution in [1.82, 2.24) is 5.32 Å². The van der Waals surface area contributed by atoms with Gasteiger partial charge in [-0.15, -0.1) is 0 Å². The van der Waals surface area contributed by atoms with E-state index >= 15 is 0 Å². The first-order valence-electron chi connectivity index (χ1n) is 4.55. The van der Waals surface area contributed by atoms with E-state index in [0.717, 1.165) is 3.57 Å². The average molecular weight is 339 g/mol. The number of alkyl carbamates (subject to hydrolysis) is 1. The lowest BCUT2D eigenvalue weighted by Gasteiger charge is -2.31. The van der Waals surface area contributed by atoms with Crippen LogP contribution in [0.4, 0.5) is 13.6 Å². The molecule has 1 N–H and O–H groups in total. The Morgan fingerprint density at radius 3 is 2.94 bits per heavy atom. The average Bonchev–Trinajstić information content (AvgIpc) is 2.22. The fourth-order valence-corrected chi connectivity index (χ4v) is 2.09. The van der Waals surface area contributed by atoms with Crippen molar-refractivity contribution < 1.29 is 18.3 Å². The molecule has 6 heteroatoms. The van der Waals surface area contributed by atoms with Gasteiger partial charge in [-0.05, 0) is 40.3 Å². The lowest BCUT2D eigenvalue weighted by molar-refractivity contribution is -0.104. The lowest BCUT2D eigenvalue weighted by Crippen LogP contribution is -2.49. The second kappa shape index (κ2) is 4.15. The van der Waals surface area contributed by atoms with E-state index in [2.05, 4.69) is 10.1 Å². The van der Waals surface area contributed by atoms with Crippen molar-refractivity contribution >= 4 is 28.7 Å². The number of cyclic esters (lactones) is 1. The summed E-state index contributed by atoms with van der Waals surface area (Å²) in [6, 6.07) is 5.33. The van der Waals surface area contributed by atoms with E-state index in [1.807, 2.05) is 22.6 Å². The predicted octanol–water partition coefficient (Wildman–Crippen LogP) is 2.71. The number of alkyl halides is 2. The second-order valence-electron chi connectivity index (χ2n) is 3.47. The van der Waals surface area contributed by atoms with Gasteiger partial charge >= 0.3 is 12.0 Å². The van der Waals surface area contributed by atoms with Gasteiger partial charge in [0.05, 0.1) is 0 Å². The molecule has 1 saturated heterocycles. The summed E-state index contributed by atoms with van der Waals surface area (Å²) in [5, 5.41) is 2.14. The highest BCUT2D eigenvalue weighted by molar-refractivity contribution is 14.1. The maximum atomic E-state index is 13.5. The molecular weight excluding hydrogens is 331 g/mol. The first-order chi connectivity index (χ1) is 7.49. The Bertz CT molecular complexity index is 425. The number of rotatable bonds is 1. The van der Waals surface area contributed by atoms with Crippen LogP contribution in [0.15, 0.2) is 24.3 Å². The van der Waals surface area contributed by atoms with Gasteiger partial charge in [0.2, 0.25) is 0 Å². The first kappa shape index (κ1) is 11.6. The summed E-state index contributed by atoms with van der Waals surface area (Å²) in [4.78, 5) is 11.0. The highest BCUT2D eigenvalue weighted by Crippen LogP contribution is 2.34. The highest BCUT2D eigenvalue weighted by Gasteiger charge is 2.46. The largest absolute Gasteiger partial charge is 0.443 e. The fraction of sp³-hybridized carbons (Fsp3) is 0.300. The topological polar surface area (TPSA) is 38.3 Å². The highest BCUT2D eigenvalue weighted by atomic mass is 127. The molecule has 0 saturated carbocycles. The van der Waals surface area contributed by atoms with E-state index < -0.39 is 24.7 Å². The van der Waals surface area contributed by atoms with Crippen LogP contribution in [0.3, 0.4) is 0 Å². The molecule has 0 spiro atoms. The number of hydrogen-bond acceptors (Lipinski definition) is 2. The fourth-order valence-electron chi connectivity index (χ4n) is 1.52. The van der Waals surface area contributed by atoms with Crippen molar-refractivity contribution in [2.75, 3.05) is 6.61 Å². The Balaban J connectivity index is 2.33. The van der Waals surface area contributed by atoms with Gasteiger partial charge in [0.1, 0.15) is 6.04 Å². The third kappa shape index (κ3) is 2.26. The Hall–Kier alpha value is -0.920. The molecule has 0 radical (unpaired) electrons. The Labute approximate surface area is 104 Å². The third-order valence-corrected chi connectivity index (χ3v) is 2.93. The Kier molecular flexibility index (Phi) is 3.00. The second-order valence-corrected chi connectivity index (χ2v) is 4.72. The van der Waals surface area contributed by atoms with Crippen molar-refractivity contribution in [1.29, 1.82) is 0 Å². The van der Waals surface area contributed by atoms with Gasteiger partial charge in [0.15, 0.2) is 6.61 Å². The minimum atomic E-state index is -3.08. The predicted molar refractivity (Wildman–Crippen MR) is 61.3 cm³/mol. The summed E-state index contributed by atoms with van der Waals surface area (Å²) >= 11 is 2.03. The van der Waals surface area contributed by atoms with Gasteiger partial charge in [-0.2, -0.15) is 0 Å². The van der Waals surface area contributed by atoms with Crippen molar-refractivity contribution in [2.45, 2.75) is 12.0 Å². The van der Waals surface area contributed by atoms with E-state index in [9.17, 15) is 13.6 Å². The minimum Gasteiger partial charge on any atom is -0.443 e. The number of amides is 1. The van der Waals surface area contributed by atoms with Crippen LogP contribution in [0.5, 0.6) is 0 Å². The van der Waals surface area contributed by atoms with E-state index in [-0.39, 0.29) is 0 Å². The summed E-state index contributed by atoms with van der Waals surface area (Å²) in [5.74, 6) is -3.08. The summed E-state index contributed by atoms with van der Waals surface area (Å²) in [5.41, 5.74) is 0.383. The number of carbonyl (C=O) groups is 1. The molecule has 1 fully saturated rings. The van der Waals surface area contributed by atoms with Crippen LogP contribution in [-0.2, 0) is 4.74 Å². The zero-order valence-electron chi connectivity index (χ0n) is 8.04. The molecule has 1 aliphatic heterocycles. The smallest absolute Gasteiger partial charge is 0.408 e. The molecule has 86 valence electrons. The molecule has 1 amide bonds. The molecule has 1 aromatic carbocycles. The number of ether oxygens (including phenoxy) is 1. The molecule has 16 heavy (non-hydrogen) atoms. The van der Waals surface area contributed by atoms with E-state index in [0.29, 0.717) is 5.56 Å². The normalized spacial score (nSPS) is 23.4. The van der Waals surface area contributed by atoms with E-state index in [4.69, 9.17) is 0 Å². The number of nitrogens with one attached hydrogen (secondary N) is 1. The van der Waals surface area contributed by atoms with E-state index in [1.165, 1.54) is 0 Å². The van der Waals surface area contributed by atoms with Crippen LogP contribution in [0, 0.1) is 3.57 Å². The summed E-state index contributed by atoms with van der Waals surface area (Å²) in [6.07, 6.45) is -0.810. The molecule has 1 heterocycles. The van der Waals surface area contributed by atoms with Crippen molar-refractivity contribution in [3.05, 3.63) is 33.4 Å². The van der Waals surface area contributed by atoms with Gasteiger partial charge in [0.25, 0.3) is 0 Å². The number of carbonyl (C=O) groups excluding carboxylic acids is 1. The van der Waals surface area contributed by atoms with Crippen LogP contribution >= 0.6 is 22.6 Å².